The van der Waals surface area contributed by atoms with Gasteiger partial charge in [-0.3, -0.25) is 4.90 Å². The first-order valence-electron chi connectivity index (χ1n) is 8.16. The summed E-state index contributed by atoms with van der Waals surface area (Å²) in [7, 11) is 1.61. The highest BCUT2D eigenvalue weighted by Gasteiger charge is 2.30. The van der Waals surface area contributed by atoms with E-state index in [1.165, 1.54) is 16.8 Å². The molecule has 0 aliphatic heterocycles. The van der Waals surface area contributed by atoms with Crippen LogP contribution in [-0.4, -0.2) is 45.4 Å². The van der Waals surface area contributed by atoms with Gasteiger partial charge >= 0.3 is 6.18 Å². The van der Waals surface area contributed by atoms with Gasteiger partial charge in [-0.2, -0.15) is 17.9 Å². The second kappa shape index (κ2) is 8.31. The lowest BCUT2D eigenvalue weighted by Crippen LogP contribution is -2.28. The van der Waals surface area contributed by atoms with Crippen LogP contribution >= 0.6 is 0 Å². The molecule has 0 bridgehead atoms. The van der Waals surface area contributed by atoms with E-state index in [1.807, 2.05) is 11.0 Å². The van der Waals surface area contributed by atoms with Gasteiger partial charge in [0.1, 0.15) is 5.76 Å². The molecule has 0 unspecified atom stereocenters. The molecular weight excluding hydrogens is 363 g/mol. The fourth-order valence-electron chi connectivity index (χ4n) is 2.55. The molecular formula is C17H18F3N5O2. The Balaban J connectivity index is 1.78. The molecule has 7 nitrogen and oxygen atoms in total. The van der Waals surface area contributed by atoms with Crippen LogP contribution in [0.3, 0.4) is 0 Å². The van der Waals surface area contributed by atoms with E-state index in [4.69, 9.17) is 9.15 Å². The van der Waals surface area contributed by atoms with Gasteiger partial charge in [-0.05, 0) is 46.8 Å². The van der Waals surface area contributed by atoms with E-state index in [-0.39, 0.29) is 0 Å². The van der Waals surface area contributed by atoms with Crippen LogP contribution in [0.25, 0.3) is 5.69 Å². The average molecular weight is 381 g/mol. The number of halogens is 3. The predicted octanol–water partition coefficient (Wildman–Crippen LogP) is 2.92. The average Bonchev–Trinajstić information content (AvgIpc) is 3.31. The molecule has 0 saturated heterocycles. The Labute approximate surface area is 153 Å². The Kier molecular flexibility index (Phi) is 5.87. The molecule has 0 amide bonds. The Morgan fingerprint density at radius 1 is 1.15 bits per heavy atom. The minimum Gasteiger partial charge on any atom is -0.468 e. The number of methoxy groups -OCH3 is 1. The van der Waals surface area contributed by atoms with Crippen molar-refractivity contribution >= 4 is 0 Å². The number of tetrazole rings is 1. The quantitative estimate of drug-likeness (QED) is 0.598. The van der Waals surface area contributed by atoms with Crippen molar-refractivity contribution in [1.82, 2.24) is 25.1 Å². The SMILES string of the molecule is COCCN(Cc1ccco1)Cc1nnnn1-c1ccc(C(F)(F)F)cc1. The Morgan fingerprint density at radius 2 is 1.93 bits per heavy atom. The summed E-state index contributed by atoms with van der Waals surface area (Å²) in [5, 5.41) is 11.6. The van der Waals surface area contributed by atoms with Gasteiger partial charge in [-0.25, -0.2) is 0 Å². The molecule has 1 aromatic carbocycles. The van der Waals surface area contributed by atoms with Crippen molar-refractivity contribution in [3.63, 3.8) is 0 Å². The van der Waals surface area contributed by atoms with Gasteiger partial charge in [0.2, 0.25) is 0 Å². The lowest BCUT2D eigenvalue weighted by molar-refractivity contribution is -0.137. The van der Waals surface area contributed by atoms with Gasteiger partial charge in [0.15, 0.2) is 5.82 Å². The summed E-state index contributed by atoms with van der Waals surface area (Å²) in [5.74, 6) is 1.28. The largest absolute Gasteiger partial charge is 0.468 e. The van der Waals surface area contributed by atoms with Crippen molar-refractivity contribution in [3.05, 3.63) is 59.8 Å². The Bertz CT molecular complexity index is 831. The topological polar surface area (TPSA) is 69.2 Å². The molecule has 0 aliphatic carbocycles. The number of hydrogen-bond donors (Lipinski definition) is 0. The smallest absolute Gasteiger partial charge is 0.416 e. The molecule has 0 fully saturated rings. The van der Waals surface area contributed by atoms with Gasteiger partial charge in [0.05, 0.1) is 37.2 Å². The standard InChI is InChI=1S/C17H18F3N5O2/c1-26-10-8-24(11-15-3-2-9-27-15)12-16-21-22-23-25(16)14-6-4-13(5-7-14)17(18,19)20/h2-7,9H,8,10-12H2,1H3. The van der Waals surface area contributed by atoms with Crippen molar-refractivity contribution in [1.29, 1.82) is 0 Å². The number of ether oxygens (including phenoxy) is 1. The van der Waals surface area contributed by atoms with Crippen molar-refractivity contribution < 1.29 is 22.3 Å². The molecule has 3 rings (SSSR count). The maximum atomic E-state index is 12.7. The summed E-state index contributed by atoms with van der Waals surface area (Å²) in [5.41, 5.74) is -0.270. The van der Waals surface area contributed by atoms with Gasteiger partial charge in [-0.15, -0.1) is 5.10 Å². The van der Waals surface area contributed by atoms with E-state index in [1.54, 1.807) is 19.4 Å². The second-order valence-corrected chi connectivity index (χ2v) is 5.83. The van der Waals surface area contributed by atoms with E-state index < -0.39 is 11.7 Å². The van der Waals surface area contributed by atoms with Crippen molar-refractivity contribution in [2.75, 3.05) is 20.3 Å². The highest BCUT2D eigenvalue weighted by molar-refractivity contribution is 5.35. The number of nitrogens with zero attached hydrogens (tertiary/aromatic N) is 5. The first-order chi connectivity index (χ1) is 13.0. The summed E-state index contributed by atoms with van der Waals surface area (Å²) in [6, 6.07) is 8.36. The summed E-state index contributed by atoms with van der Waals surface area (Å²) in [4.78, 5) is 2.02. The zero-order chi connectivity index (χ0) is 19.3. The minimum absolute atomic E-state index is 0.373. The van der Waals surface area contributed by atoms with Crippen LogP contribution in [0.1, 0.15) is 17.1 Å². The number of rotatable bonds is 8. The third kappa shape index (κ3) is 4.92. The van der Waals surface area contributed by atoms with Crippen LogP contribution in [0.15, 0.2) is 47.1 Å². The molecule has 144 valence electrons. The molecule has 10 heteroatoms. The molecule has 0 spiro atoms. The maximum absolute atomic E-state index is 12.7. The van der Waals surface area contributed by atoms with Crippen LogP contribution in [0.4, 0.5) is 13.2 Å². The van der Waals surface area contributed by atoms with Gasteiger partial charge in [0.25, 0.3) is 0 Å². The first-order valence-corrected chi connectivity index (χ1v) is 8.16. The Hall–Kier alpha value is -2.72. The lowest BCUT2D eigenvalue weighted by atomic mass is 10.2. The molecule has 0 atom stereocenters. The summed E-state index contributed by atoms with van der Waals surface area (Å²) >= 11 is 0. The predicted molar refractivity (Wildman–Crippen MR) is 88.9 cm³/mol. The third-order valence-corrected chi connectivity index (χ3v) is 3.91. The van der Waals surface area contributed by atoms with E-state index in [0.29, 0.717) is 37.8 Å². The van der Waals surface area contributed by atoms with Crippen LogP contribution in [0, 0.1) is 0 Å². The van der Waals surface area contributed by atoms with Crippen LogP contribution in [0.5, 0.6) is 0 Å². The highest BCUT2D eigenvalue weighted by atomic mass is 19.4. The van der Waals surface area contributed by atoms with Gasteiger partial charge in [0, 0.05) is 13.7 Å². The molecule has 0 N–H and O–H groups in total. The van der Waals surface area contributed by atoms with E-state index in [0.717, 1.165) is 17.9 Å². The second-order valence-electron chi connectivity index (χ2n) is 5.83. The molecule has 2 heterocycles. The fraction of sp³-hybridized carbons (Fsp3) is 0.353. The zero-order valence-electron chi connectivity index (χ0n) is 14.6. The Morgan fingerprint density at radius 3 is 2.56 bits per heavy atom. The number of alkyl halides is 3. The molecule has 0 saturated carbocycles. The summed E-state index contributed by atoms with van der Waals surface area (Å²) < 4.78 is 50.1. The molecule has 0 radical (unpaired) electrons. The molecule has 2 aromatic heterocycles. The van der Waals surface area contributed by atoms with E-state index >= 15 is 0 Å². The van der Waals surface area contributed by atoms with Gasteiger partial charge in [-0.1, -0.05) is 0 Å². The minimum atomic E-state index is -4.39. The van der Waals surface area contributed by atoms with Crippen molar-refractivity contribution in [2.45, 2.75) is 19.3 Å². The first kappa shape index (κ1) is 19.1. The van der Waals surface area contributed by atoms with Crippen LogP contribution in [0.2, 0.25) is 0 Å². The number of hydrogen-bond acceptors (Lipinski definition) is 6. The highest BCUT2D eigenvalue weighted by Crippen LogP contribution is 2.29. The third-order valence-electron chi connectivity index (χ3n) is 3.91. The molecule has 27 heavy (non-hydrogen) atoms. The lowest BCUT2D eigenvalue weighted by Gasteiger charge is -2.20. The molecule has 3 aromatic rings. The van der Waals surface area contributed by atoms with E-state index in [2.05, 4.69) is 15.5 Å². The normalized spacial score (nSPS) is 12.0. The summed E-state index contributed by atoms with van der Waals surface area (Å²) in [6.45, 7) is 2.01. The van der Waals surface area contributed by atoms with Gasteiger partial charge < -0.3 is 9.15 Å². The molecule has 0 aliphatic rings. The maximum Gasteiger partial charge on any atom is 0.416 e. The van der Waals surface area contributed by atoms with Crippen molar-refractivity contribution in [3.8, 4) is 5.69 Å². The van der Waals surface area contributed by atoms with Crippen molar-refractivity contribution in [2.24, 2.45) is 0 Å². The summed E-state index contributed by atoms with van der Waals surface area (Å²) in [6.07, 6.45) is -2.79. The number of benzene rings is 1. The van der Waals surface area contributed by atoms with Crippen LogP contribution in [-0.2, 0) is 24.0 Å². The van der Waals surface area contributed by atoms with Crippen LogP contribution < -0.4 is 0 Å². The zero-order valence-corrected chi connectivity index (χ0v) is 14.6. The number of aromatic nitrogens is 4. The fourth-order valence-corrected chi connectivity index (χ4v) is 2.55. The van der Waals surface area contributed by atoms with E-state index in [9.17, 15) is 13.2 Å². The number of furan rings is 1. The monoisotopic (exact) mass is 381 g/mol.